The fraction of sp³-hybridized carbons (Fsp3) is 0.176. The third-order valence-electron chi connectivity index (χ3n) is 3.42. The van der Waals surface area contributed by atoms with Crippen molar-refractivity contribution in [1.82, 2.24) is 0 Å². The summed E-state index contributed by atoms with van der Waals surface area (Å²) >= 11 is 0. The van der Waals surface area contributed by atoms with E-state index in [9.17, 15) is 17.2 Å². The summed E-state index contributed by atoms with van der Waals surface area (Å²) in [6.45, 7) is 3.30. The Morgan fingerprint density at radius 1 is 1.08 bits per heavy atom. The normalized spacial score (nSPS) is 11.0. The molecule has 25 heavy (non-hydrogen) atoms. The van der Waals surface area contributed by atoms with Gasteiger partial charge in [-0.25, -0.2) is 17.2 Å². The van der Waals surface area contributed by atoms with E-state index in [0.29, 0.717) is 11.8 Å². The number of halogens is 2. The molecule has 0 radical (unpaired) electrons. The third kappa shape index (κ3) is 3.74. The largest absolute Gasteiger partial charge is 0.493 e. The van der Waals surface area contributed by atoms with Crippen molar-refractivity contribution < 1.29 is 26.7 Å². The van der Waals surface area contributed by atoms with Gasteiger partial charge in [0.15, 0.2) is 11.5 Å². The highest BCUT2D eigenvalue weighted by atomic mass is 32.2. The quantitative estimate of drug-likeness (QED) is 0.703. The zero-order valence-corrected chi connectivity index (χ0v) is 14.5. The summed E-state index contributed by atoms with van der Waals surface area (Å²) in [5.41, 5.74) is -0.281. The van der Waals surface area contributed by atoms with Crippen molar-refractivity contribution in [2.75, 3.05) is 25.1 Å². The van der Waals surface area contributed by atoms with E-state index in [0.717, 1.165) is 16.4 Å². The topological polar surface area (TPSA) is 55.8 Å². The number of nitrogens with zero attached hydrogens (tertiary/aromatic N) is 1. The van der Waals surface area contributed by atoms with Gasteiger partial charge in [-0.1, -0.05) is 6.08 Å². The minimum absolute atomic E-state index is 0.129. The van der Waals surface area contributed by atoms with Crippen LogP contribution >= 0.6 is 0 Å². The number of hydrogen-bond donors (Lipinski definition) is 0. The molecule has 0 aromatic heterocycles. The molecule has 8 heteroatoms. The molecule has 0 saturated heterocycles. The first-order valence-electron chi connectivity index (χ1n) is 7.16. The zero-order valence-electron chi connectivity index (χ0n) is 13.7. The second-order valence-electron chi connectivity index (χ2n) is 4.94. The molecule has 0 spiro atoms. The molecule has 0 fully saturated rings. The van der Waals surface area contributed by atoms with Crippen LogP contribution in [0.4, 0.5) is 14.5 Å². The molecular formula is C17H17F2NO4S. The van der Waals surface area contributed by atoms with Crippen LogP contribution in [0.3, 0.4) is 0 Å². The molecule has 2 aromatic carbocycles. The van der Waals surface area contributed by atoms with Crippen LogP contribution in [-0.4, -0.2) is 29.2 Å². The fourth-order valence-corrected chi connectivity index (χ4v) is 3.69. The van der Waals surface area contributed by atoms with E-state index in [1.165, 1.54) is 38.5 Å². The van der Waals surface area contributed by atoms with Crippen LogP contribution in [0.25, 0.3) is 0 Å². The van der Waals surface area contributed by atoms with E-state index >= 15 is 0 Å². The molecule has 2 aromatic rings. The van der Waals surface area contributed by atoms with Crippen molar-refractivity contribution in [3.05, 3.63) is 60.7 Å². The summed E-state index contributed by atoms with van der Waals surface area (Å²) in [5.74, 6) is -1.24. The van der Waals surface area contributed by atoms with E-state index in [1.54, 1.807) is 0 Å². The Labute approximate surface area is 145 Å². The Morgan fingerprint density at radius 2 is 1.76 bits per heavy atom. The maximum absolute atomic E-state index is 14.1. The predicted octanol–water partition coefficient (Wildman–Crippen LogP) is 3.36. The highest BCUT2D eigenvalue weighted by Crippen LogP contribution is 2.33. The molecular weight excluding hydrogens is 352 g/mol. The molecule has 0 amide bonds. The van der Waals surface area contributed by atoms with Gasteiger partial charge >= 0.3 is 0 Å². The van der Waals surface area contributed by atoms with Crippen LogP contribution in [-0.2, 0) is 10.0 Å². The maximum atomic E-state index is 14.1. The zero-order chi connectivity index (χ0) is 18.6. The molecule has 0 saturated carbocycles. The molecule has 0 unspecified atom stereocenters. The van der Waals surface area contributed by atoms with E-state index in [2.05, 4.69) is 6.58 Å². The Morgan fingerprint density at radius 3 is 2.32 bits per heavy atom. The van der Waals surface area contributed by atoms with E-state index < -0.39 is 21.7 Å². The summed E-state index contributed by atoms with van der Waals surface area (Å²) in [7, 11) is -1.35. The van der Waals surface area contributed by atoms with Crippen LogP contribution in [0.5, 0.6) is 11.5 Å². The first-order chi connectivity index (χ1) is 11.8. The van der Waals surface area contributed by atoms with Gasteiger partial charge in [0.2, 0.25) is 0 Å². The SMILES string of the molecule is C=CCN(c1ccc(F)cc1F)S(=O)(=O)c1ccc(OC)c(OC)c1. The summed E-state index contributed by atoms with van der Waals surface area (Å²) in [6.07, 6.45) is 1.31. The number of anilines is 1. The Balaban J connectivity index is 2.58. The Bertz CT molecular complexity index is 884. The van der Waals surface area contributed by atoms with Crippen molar-refractivity contribution in [1.29, 1.82) is 0 Å². The molecule has 0 N–H and O–H groups in total. The molecule has 0 heterocycles. The highest BCUT2D eigenvalue weighted by molar-refractivity contribution is 7.92. The minimum atomic E-state index is -4.15. The van der Waals surface area contributed by atoms with Crippen LogP contribution < -0.4 is 13.8 Å². The lowest BCUT2D eigenvalue weighted by Gasteiger charge is -2.24. The number of rotatable bonds is 7. The highest BCUT2D eigenvalue weighted by Gasteiger charge is 2.27. The molecule has 0 aliphatic rings. The number of hydrogen-bond acceptors (Lipinski definition) is 4. The van der Waals surface area contributed by atoms with Crippen molar-refractivity contribution in [3.63, 3.8) is 0 Å². The van der Waals surface area contributed by atoms with Gasteiger partial charge in [-0.2, -0.15) is 0 Å². The van der Waals surface area contributed by atoms with Gasteiger partial charge in [-0.3, -0.25) is 4.31 Å². The first-order valence-corrected chi connectivity index (χ1v) is 8.60. The van der Waals surface area contributed by atoms with Gasteiger partial charge in [0.25, 0.3) is 10.0 Å². The Kier molecular flexibility index (Phi) is 5.63. The average Bonchev–Trinajstić information content (AvgIpc) is 2.59. The number of methoxy groups -OCH3 is 2. The lowest BCUT2D eigenvalue weighted by molar-refractivity contribution is 0.354. The molecule has 5 nitrogen and oxygen atoms in total. The monoisotopic (exact) mass is 369 g/mol. The minimum Gasteiger partial charge on any atom is -0.493 e. The summed E-state index contributed by atoms with van der Waals surface area (Å²) < 4.78 is 64.1. The van der Waals surface area contributed by atoms with Crippen molar-refractivity contribution in [2.45, 2.75) is 4.90 Å². The standard InChI is InChI=1S/C17H17F2NO4S/c1-4-9-20(15-7-5-12(18)10-14(15)19)25(21,22)13-6-8-16(23-2)17(11-13)24-3/h4-8,10-11H,1,9H2,2-3H3. The smallest absolute Gasteiger partial charge is 0.264 e. The lowest BCUT2D eigenvalue weighted by atomic mass is 10.3. The number of sulfonamides is 1. The van der Waals surface area contributed by atoms with Gasteiger partial charge < -0.3 is 9.47 Å². The van der Waals surface area contributed by atoms with Crippen LogP contribution in [0.1, 0.15) is 0 Å². The third-order valence-corrected chi connectivity index (χ3v) is 5.19. The summed E-state index contributed by atoms with van der Waals surface area (Å²) in [5, 5.41) is 0. The van der Waals surface area contributed by atoms with Crippen LogP contribution in [0.15, 0.2) is 53.9 Å². The van der Waals surface area contributed by atoms with Gasteiger partial charge in [0.1, 0.15) is 11.6 Å². The van der Waals surface area contributed by atoms with Crippen molar-refractivity contribution in [2.24, 2.45) is 0 Å². The van der Waals surface area contributed by atoms with Crippen LogP contribution in [0.2, 0.25) is 0 Å². The molecule has 0 aliphatic carbocycles. The Hall–Kier alpha value is -2.61. The lowest BCUT2D eigenvalue weighted by Crippen LogP contribution is -2.32. The second kappa shape index (κ2) is 7.52. The predicted molar refractivity (Wildman–Crippen MR) is 90.6 cm³/mol. The van der Waals surface area contributed by atoms with E-state index in [4.69, 9.17) is 9.47 Å². The summed E-state index contributed by atoms with van der Waals surface area (Å²) in [6, 6.07) is 6.68. The van der Waals surface area contributed by atoms with Gasteiger partial charge in [0.05, 0.1) is 31.3 Å². The summed E-state index contributed by atoms with van der Waals surface area (Å²) in [4.78, 5) is -0.129. The second-order valence-corrected chi connectivity index (χ2v) is 6.80. The fourth-order valence-electron chi connectivity index (χ4n) is 2.23. The van der Waals surface area contributed by atoms with Gasteiger partial charge in [0, 0.05) is 12.1 Å². The van der Waals surface area contributed by atoms with E-state index in [1.807, 2.05) is 0 Å². The number of benzene rings is 2. The molecule has 0 aliphatic heterocycles. The molecule has 134 valence electrons. The van der Waals surface area contributed by atoms with Crippen molar-refractivity contribution in [3.8, 4) is 11.5 Å². The molecule has 2 rings (SSSR count). The first kappa shape index (κ1) is 18.7. The molecule has 0 atom stereocenters. The average molecular weight is 369 g/mol. The molecule has 0 bridgehead atoms. The van der Waals surface area contributed by atoms with Gasteiger partial charge in [-0.15, -0.1) is 6.58 Å². The van der Waals surface area contributed by atoms with Crippen LogP contribution in [0, 0.1) is 11.6 Å². The maximum Gasteiger partial charge on any atom is 0.264 e. The number of ether oxygens (including phenoxy) is 2. The van der Waals surface area contributed by atoms with Crippen molar-refractivity contribution >= 4 is 15.7 Å². The van der Waals surface area contributed by atoms with Gasteiger partial charge in [-0.05, 0) is 24.3 Å². The van der Waals surface area contributed by atoms with E-state index in [-0.39, 0.29) is 22.9 Å².